The molecule has 1 heterocycles. The summed E-state index contributed by atoms with van der Waals surface area (Å²) >= 11 is 0. The van der Waals surface area contributed by atoms with Crippen LogP contribution in [-0.4, -0.2) is 42.5 Å². The van der Waals surface area contributed by atoms with Crippen LogP contribution in [0.4, 0.5) is 0 Å². The van der Waals surface area contributed by atoms with Crippen molar-refractivity contribution < 1.29 is 9.53 Å². The van der Waals surface area contributed by atoms with E-state index in [-0.39, 0.29) is 16.8 Å². The van der Waals surface area contributed by atoms with Gasteiger partial charge >= 0.3 is 0 Å². The third-order valence-corrected chi connectivity index (χ3v) is 3.77. The summed E-state index contributed by atoms with van der Waals surface area (Å²) in [7, 11) is 0. The van der Waals surface area contributed by atoms with Crippen LogP contribution in [0.15, 0.2) is 30.3 Å². The molecule has 0 spiro atoms. The molecule has 2 rings (SSSR count). The molecule has 1 aromatic carbocycles. The summed E-state index contributed by atoms with van der Waals surface area (Å²) in [5.41, 5.74) is 0.295. The van der Waals surface area contributed by atoms with Gasteiger partial charge in [0.15, 0.2) is 5.78 Å². The second kappa shape index (κ2) is 5.66. The van der Waals surface area contributed by atoms with Gasteiger partial charge in [-0.3, -0.25) is 9.69 Å². The first-order valence-corrected chi connectivity index (χ1v) is 7.26. The molecule has 1 aliphatic rings. The molecule has 1 saturated heterocycles. The van der Waals surface area contributed by atoms with E-state index in [9.17, 15) is 4.79 Å². The first-order valence-electron chi connectivity index (χ1n) is 7.26. The fourth-order valence-corrected chi connectivity index (χ4v) is 2.86. The van der Waals surface area contributed by atoms with Crippen molar-refractivity contribution in [1.82, 2.24) is 4.90 Å². The quantitative estimate of drug-likeness (QED) is 0.791. The van der Waals surface area contributed by atoms with E-state index < -0.39 is 0 Å². The minimum atomic E-state index is -0.380. The van der Waals surface area contributed by atoms with E-state index >= 15 is 0 Å². The van der Waals surface area contributed by atoms with Crippen molar-refractivity contribution in [3.8, 4) is 0 Å². The van der Waals surface area contributed by atoms with E-state index in [0.717, 1.165) is 31.8 Å². The SMILES string of the molecule is CC1(C)CN(CC(C)(C)C(=O)c2ccccc2)CCO1. The Hall–Kier alpha value is -1.19. The fourth-order valence-electron chi connectivity index (χ4n) is 2.86. The first kappa shape index (κ1) is 15.2. The van der Waals surface area contributed by atoms with Crippen LogP contribution < -0.4 is 0 Å². The number of Topliss-reactive ketones (excluding diaryl/α,β-unsaturated/α-hetero) is 1. The van der Waals surface area contributed by atoms with E-state index in [0.29, 0.717) is 0 Å². The molecular weight excluding hydrogens is 250 g/mol. The molecule has 20 heavy (non-hydrogen) atoms. The summed E-state index contributed by atoms with van der Waals surface area (Å²) in [6.07, 6.45) is 0. The van der Waals surface area contributed by atoms with Crippen molar-refractivity contribution >= 4 is 5.78 Å². The minimum absolute atomic E-state index is 0.121. The highest BCUT2D eigenvalue weighted by Gasteiger charge is 2.34. The molecule has 0 radical (unpaired) electrons. The van der Waals surface area contributed by atoms with Crippen molar-refractivity contribution in [3.63, 3.8) is 0 Å². The molecule has 1 aromatic rings. The van der Waals surface area contributed by atoms with Crippen LogP contribution in [0, 0.1) is 5.41 Å². The number of rotatable bonds is 4. The Bertz CT molecular complexity index is 465. The van der Waals surface area contributed by atoms with Crippen molar-refractivity contribution in [2.75, 3.05) is 26.2 Å². The lowest BCUT2D eigenvalue weighted by molar-refractivity contribution is -0.0909. The molecule has 1 fully saturated rings. The summed E-state index contributed by atoms with van der Waals surface area (Å²) < 4.78 is 5.73. The monoisotopic (exact) mass is 275 g/mol. The smallest absolute Gasteiger partial charge is 0.169 e. The molecule has 0 aromatic heterocycles. The number of ketones is 1. The highest BCUT2D eigenvalue weighted by atomic mass is 16.5. The fraction of sp³-hybridized carbons (Fsp3) is 0.588. The Labute approximate surface area is 121 Å². The Morgan fingerprint density at radius 1 is 1.30 bits per heavy atom. The van der Waals surface area contributed by atoms with Crippen LogP contribution in [0.2, 0.25) is 0 Å². The van der Waals surface area contributed by atoms with E-state index in [2.05, 4.69) is 18.7 Å². The molecule has 0 N–H and O–H groups in total. The van der Waals surface area contributed by atoms with Gasteiger partial charge in [-0.15, -0.1) is 0 Å². The van der Waals surface area contributed by atoms with Gasteiger partial charge in [0.2, 0.25) is 0 Å². The van der Waals surface area contributed by atoms with E-state index in [1.165, 1.54) is 0 Å². The van der Waals surface area contributed by atoms with Crippen LogP contribution >= 0.6 is 0 Å². The van der Waals surface area contributed by atoms with Gasteiger partial charge in [0.05, 0.1) is 12.2 Å². The molecule has 0 atom stereocenters. The summed E-state index contributed by atoms with van der Waals surface area (Å²) in [6.45, 7) is 11.6. The first-order chi connectivity index (χ1) is 9.30. The average molecular weight is 275 g/mol. The van der Waals surface area contributed by atoms with Crippen molar-refractivity contribution in [1.29, 1.82) is 0 Å². The Morgan fingerprint density at radius 2 is 1.95 bits per heavy atom. The van der Waals surface area contributed by atoms with Crippen molar-refractivity contribution in [2.24, 2.45) is 5.41 Å². The van der Waals surface area contributed by atoms with E-state index in [1.807, 2.05) is 44.2 Å². The van der Waals surface area contributed by atoms with Gasteiger partial charge in [-0.2, -0.15) is 0 Å². The lowest BCUT2D eigenvalue weighted by atomic mass is 9.83. The maximum Gasteiger partial charge on any atom is 0.169 e. The van der Waals surface area contributed by atoms with Crippen LogP contribution in [0.25, 0.3) is 0 Å². The Kier molecular flexibility index (Phi) is 4.31. The highest BCUT2D eigenvalue weighted by molar-refractivity contribution is 6.00. The van der Waals surface area contributed by atoms with Gasteiger partial charge in [-0.1, -0.05) is 44.2 Å². The van der Waals surface area contributed by atoms with Gasteiger partial charge in [-0.25, -0.2) is 0 Å². The van der Waals surface area contributed by atoms with Crippen molar-refractivity contribution in [3.05, 3.63) is 35.9 Å². The molecule has 0 amide bonds. The zero-order chi connectivity index (χ0) is 14.8. The number of hydrogen-bond donors (Lipinski definition) is 0. The maximum atomic E-state index is 12.6. The number of carbonyl (C=O) groups excluding carboxylic acids is 1. The maximum absolute atomic E-state index is 12.6. The zero-order valence-corrected chi connectivity index (χ0v) is 13.0. The molecule has 0 aliphatic carbocycles. The topological polar surface area (TPSA) is 29.5 Å². The van der Waals surface area contributed by atoms with E-state index in [4.69, 9.17) is 4.74 Å². The summed E-state index contributed by atoms with van der Waals surface area (Å²) in [5, 5.41) is 0. The van der Waals surface area contributed by atoms with Gasteiger partial charge in [0.1, 0.15) is 0 Å². The lowest BCUT2D eigenvalue weighted by Crippen LogP contribution is -2.51. The van der Waals surface area contributed by atoms with Gasteiger partial charge in [0, 0.05) is 30.6 Å². The van der Waals surface area contributed by atoms with Crippen LogP contribution in [0.3, 0.4) is 0 Å². The Balaban J connectivity index is 2.05. The normalized spacial score (nSPS) is 19.8. The minimum Gasteiger partial charge on any atom is -0.373 e. The van der Waals surface area contributed by atoms with Gasteiger partial charge in [-0.05, 0) is 13.8 Å². The predicted octanol–water partition coefficient (Wildman–Crippen LogP) is 3.01. The molecule has 0 saturated carbocycles. The number of nitrogens with zero attached hydrogens (tertiary/aromatic N) is 1. The summed E-state index contributed by atoms with van der Waals surface area (Å²) in [5.74, 6) is 0.211. The van der Waals surface area contributed by atoms with Crippen molar-refractivity contribution in [2.45, 2.75) is 33.3 Å². The average Bonchev–Trinajstić information content (AvgIpc) is 2.37. The molecule has 110 valence electrons. The highest BCUT2D eigenvalue weighted by Crippen LogP contribution is 2.26. The third-order valence-electron chi connectivity index (χ3n) is 3.77. The number of morpholine rings is 1. The third kappa shape index (κ3) is 3.68. The molecular formula is C17H25NO2. The number of hydrogen-bond acceptors (Lipinski definition) is 3. The molecule has 0 unspecified atom stereocenters. The summed E-state index contributed by atoms with van der Waals surface area (Å²) in [4.78, 5) is 15.0. The lowest BCUT2D eigenvalue weighted by Gasteiger charge is -2.41. The Morgan fingerprint density at radius 3 is 2.55 bits per heavy atom. The zero-order valence-electron chi connectivity index (χ0n) is 13.0. The molecule has 3 heteroatoms. The van der Waals surface area contributed by atoms with Crippen LogP contribution in [0.1, 0.15) is 38.1 Å². The molecule has 0 bridgehead atoms. The van der Waals surface area contributed by atoms with Crippen LogP contribution in [0.5, 0.6) is 0 Å². The van der Waals surface area contributed by atoms with E-state index in [1.54, 1.807) is 0 Å². The number of ether oxygens (including phenoxy) is 1. The summed E-state index contributed by atoms with van der Waals surface area (Å²) in [6, 6.07) is 9.57. The predicted molar refractivity (Wildman–Crippen MR) is 81.0 cm³/mol. The molecule has 1 aliphatic heterocycles. The van der Waals surface area contributed by atoms with Gasteiger partial charge < -0.3 is 4.74 Å². The number of carbonyl (C=O) groups is 1. The second-order valence-electron chi connectivity index (χ2n) is 6.90. The number of benzene rings is 1. The molecule has 3 nitrogen and oxygen atoms in total. The van der Waals surface area contributed by atoms with Gasteiger partial charge in [0.25, 0.3) is 0 Å². The standard InChI is InChI=1S/C17H25NO2/c1-16(2,15(19)14-8-6-5-7-9-14)12-18-10-11-20-17(3,4)13-18/h5-9H,10-13H2,1-4H3. The second-order valence-corrected chi connectivity index (χ2v) is 6.90. The van der Waals surface area contributed by atoms with Crippen LogP contribution in [-0.2, 0) is 4.74 Å². The largest absolute Gasteiger partial charge is 0.373 e.